The SMILES string of the molecule is CC(C)COc1cc(F)cc(CNC(=O)Cc2ccc(-c3ccc(CN4CCOCC4)cc3)cn2)c1. The van der Waals surface area contributed by atoms with E-state index >= 15 is 0 Å². The third-order valence-corrected chi connectivity index (χ3v) is 5.97. The summed E-state index contributed by atoms with van der Waals surface area (Å²) < 4.78 is 24.9. The molecule has 2 heterocycles. The highest BCUT2D eigenvalue weighted by Crippen LogP contribution is 2.21. The monoisotopic (exact) mass is 491 g/mol. The molecule has 0 radical (unpaired) electrons. The van der Waals surface area contributed by atoms with E-state index in [9.17, 15) is 9.18 Å². The number of carbonyl (C=O) groups is 1. The number of ether oxygens (including phenoxy) is 2. The summed E-state index contributed by atoms with van der Waals surface area (Å²) >= 11 is 0. The molecule has 1 N–H and O–H groups in total. The maximum atomic E-state index is 13.9. The molecule has 7 heteroatoms. The summed E-state index contributed by atoms with van der Waals surface area (Å²) in [6, 6.07) is 16.9. The number of nitrogens with zero attached hydrogens (tertiary/aromatic N) is 2. The van der Waals surface area contributed by atoms with Crippen LogP contribution in [0.5, 0.6) is 5.75 Å². The van der Waals surface area contributed by atoms with Crippen LogP contribution in [0.3, 0.4) is 0 Å². The van der Waals surface area contributed by atoms with Gasteiger partial charge in [-0.25, -0.2) is 4.39 Å². The Morgan fingerprint density at radius 1 is 1.06 bits per heavy atom. The van der Waals surface area contributed by atoms with E-state index in [-0.39, 0.29) is 24.7 Å². The van der Waals surface area contributed by atoms with Crippen LogP contribution in [0.1, 0.15) is 30.7 Å². The van der Waals surface area contributed by atoms with Crippen molar-refractivity contribution in [2.45, 2.75) is 33.4 Å². The molecule has 1 aliphatic heterocycles. The average Bonchev–Trinajstić information content (AvgIpc) is 2.88. The summed E-state index contributed by atoms with van der Waals surface area (Å²) in [7, 11) is 0. The first-order valence-corrected chi connectivity index (χ1v) is 12.5. The second-order valence-electron chi connectivity index (χ2n) is 9.58. The highest BCUT2D eigenvalue weighted by Gasteiger charge is 2.11. The minimum Gasteiger partial charge on any atom is -0.493 e. The predicted octanol–water partition coefficient (Wildman–Crippen LogP) is 4.61. The molecule has 3 aromatic rings. The molecule has 0 bridgehead atoms. The zero-order chi connectivity index (χ0) is 25.3. The molecule has 6 nitrogen and oxygen atoms in total. The normalized spacial score (nSPS) is 14.1. The van der Waals surface area contributed by atoms with Crippen molar-refractivity contribution in [3.63, 3.8) is 0 Å². The molecule has 1 aromatic heterocycles. The van der Waals surface area contributed by atoms with Crippen LogP contribution in [-0.2, 0) is 29.0 Å². The highest BCUT2D eigenvalue weighted by atomic mass is 19.1. The minimum absolute atomic E-state index is 0.158. The second kappa shape index (κ2) is 12.6. The molecular weight excluding hydrogens is 457 g/mol. The van der Waals surface area contributed by atoms with Crippen LogP contribution in [0.4, 0.5) is 4.39 Å². The topological polar surface area (TPSA) is 63.7 Å². The van der Waals surface area contributed by atoms with Gasteiger partial charge in [-0.05, 0) is 40.8 Å². The van der Waals surface area contributed by atoms with Gasteiger partial charge in [0.05, 0.1) is 26.2 Å². The zero-order valence-electron chi connectivity index (χ0n) is 21.0. The fourth-order valence-corrected chi connectivity index (χ4v) is 4.02. The Kier molecular flexibility index (Phi) is 9.03. The number of amides is 1. The predicted molar refractivity (Wildman–Crippen MR) is 138 cm³/mol. The Morgan fingerprint density at radius 3 is 2.50 bits per heavy atom. The van der Waals surface area contributed by atoms with E-state index in [1.807, 2.05) is 26.0 Å². The van der Waals surface area contributed by atoms with Gasteiger partial charge in [0.15, 0.2) is 0 Å². The fourth-order valence-electron chi connectivity index (χ4n) is 4.02. The molecule has 190 valence electrons. The van der Waals surface area contributed by atoms with Crippen molar-refractivity contribution in [2.75, 3.05) is 32.9 Å². The lowest BCUT2D eigenvalue weighted by Gasteiger charge is -2.26. The number of morpholine rings is 1. The standard InChI is InChI=1S/C29H34FN3O3/c1-21(2)20-36-28-14-23(13-26(30)15-28)17-32-29(34)16-27-8-7-25(18-31-27)24-5-3-22(4-6-24)19-33-9-11-35-12-10-33/h3-8,13-15,18,21H,9-12,16-17,19-20H2,1-2H3,(H,32,34). The molecule has 1 aliphatic rings. The van der Waals surface area contributed by atoms with Gasteiger partial charge >= 0.3 is 0 Å². The van der Waals surface area contributed by atoms with Crippen molar-refractivity contribution in [1.82, 2.24) is 15.2 Å². The smallest absolute Gasteiger partial charge is 0.226 e. The summed E-state index contributed by atoms with van der Waals surface area (Å²) in [5, 5.41) is 2.84. The Labute approximate surface area is 212 Å². The third kappa shape index (κ3) is 7.86. The van der Waals surface area contributed by atoms with Crippen molar-refractivity contribution in [2.24, 2.45) is 5.92 Å². The molecule has 2 aromatic carbocycles. The van der Waals surface area contributed by atoms with Crippen LogP contribution in [-0.4, -0.2) is 48.7 Å². The summed E-state index contributed by atoms with van der Waals surface area (Å²) in [4.78, 5) is 19.3. The average molecular weight is 492 g/mol. The highest BCUT2D eigenvalue weighted by molar-refractivity contribution is 5.78. The Balaban J connectivity index is 1.27. The van der Waals surface area contributed by atoms with Gasteiger partial charge in [0.25, 0.3) is 0 Å². The van der Waals surface area contributed by atoms with Gasteiger partial charge in [-0.1, -0.05) is 44.2 Å². The molecule has 1 amide bonds. The first-order chi connectivity index (χ1) is 17.4. The van der Waals surface area contributed by atoms with Gasteiger partial charge in [-0.2, -0.15) is 0 Å². The van der Waals surface area contributed by atoms with Crippen LogP contribution in [0, 0.1) is 11.7 Å². The van der Waals surface area contributed by atoms with E-state index in [0.717, 1.165) is 44.0 Å². The Morgan fingerprint density at radius 2 is 1.81 bits per heavy atom. The number of nitrogens with one attached hydrogen (secondary N) is 1. The number of benzene rings is 2. The van der Waals surface area contributed by atoms with Crippen LogP contribution < -0.4 is 10.1 Å². The van der Waals surface area contributed by atoms with Gasteiger partial charge in [0.2, 0.25) is 5.91 Å². The summed E-state index contributed by atoms with van der Waals surface area (Å²) in [5.74, 6) is 0.262. The molecule has 36 heavy (non-hydrogen) atoms. The van der Waals surface area contributed by atoms with Gasteiger partial charge in [0, 0.05) is 49.7 Å². The summed E-state index contributed by atoms with van der Waals surface area (Å²) in [6.07, 6.45) is 1.95. The summed E-state index contributed by atoms with van der Waals surface area (Å²) in [6.45, 7) is 9.26. The quantitative estimate of drug-likeness (QED) is 0.449. The van der Waals surface area contributed by atoms with Crippen molar-refractivity contribution < 1.29 is 18.7 Å². The van der Waals surface area contributed by atoms with Crippen LogP contribution in [0.25, 0.3) is 11.1 Å². The van der Waals surface area contributed by atoms with Gasteiger partial charge in [-0.3, -0.25) is 14.7 Å². The number of halogens is 1. The molecule has 0 spiro atoms. The van der Waals surface area contributed by atoms with E-state index in [1.54, 1.807) is 12.3 Å². The first-order valence-electron chi connectivity index (χ1n) is 12.5. The molecule has 0 aliphatic carbocycles. The zero-order valence-corrected chi connectivity index (χ0v) is 21.0. The number of pyridine rings is 1. The van der Waals surface area contributed by atoms with Crippen LogP contribution in [0.2, 0.25) is 0 Å². The molecule has 1 saturated heterocycles. The van der Waals surface area contributed by atoms with Gasteiger partial charge in [-0.15, -0.1) is 0 Å². The van der Waals surface area contributed by atoms with E-state index in [0.29, 0.717) is 29.5 Å². The Bertz CT molecular complexity index is 1130. The fraction of sp³-hybridized carbons (Fsp3) is 0.379. The molecule has 0 atom stereocenters. The van der Waals surface area contributed by atoms with Gasteiger partial charge < -0.3 is 14.8 Å². The first kappa shape index (κ1) is 25.8. The molecule has 0 unspecified atom stereocenters. The third-order valence-electron chi connectivity index (χ3n) is 5.97. The van der Waals surface area contributed by atoms with Crippen LogP contribution >= 0.6 is 0 Å². The lowest BCUT2D eigenvalue weighted by Crippen LogP contribution is -2.35. The van der Waals surface area contributed by atoms with Crippen LogP contribution in [0.15, 0.2) is 60.8 Å². The lowest BCUT2D eigenvalue weighted by molar-refractivity contribution is -0.120. The van der Waals surface area contributed by atoms with Crippen molar-refractivity contribution in [3.8, 4) is 16.9 Å². The van der Waals surface area contributed by atoms with E-state index in [1.165, 1.54) is 17.7 Å². The van der Waals surface area contributed by atoms with E-state index in [2.05, 4.69) is 39.5 Å². The number of hydrogen-bond donors (Lipinski definition) is 1. The van der Waals surface area contributed by atoms with Gasteiger partial charge in [0.1, 0.15) is 11.6 Å². The van der Waals surface area contributed by atoms with Crippen molar-refractivity contribution in [3.05, 3.63) is 83.4 Å². The lowest BCUT2D eigenvalue weighted by atomic mass is 10.0. The number of carbonyl (C=O) groups excluding carboxylic acids is 1. The molecule has 4 rings (SSSR count). The molecule has 0 saturated carbocycles. The second-order valence-corrected chi connectivity index (χ2v) is 9.58. The number of aromatic nitrogens is 1. The minimum atomic E-state index is -0.383. The van der Waals surface area contributed by atoms with Crippen molar-refractivity contribution >= 4 is 5.91 Å². The number of rotatable bonds is 10. The summed E-state index contributed by atoms with van der Waals surface area (Å²) in [5.41, 5.74) is 4.71. The Hall–Kier alpha value is -3.29. The largest absolute Gasteiger partial charge is 0.493 e. The molecule has 1 fully saturated rings. The van der Waals surface area contributed by atoms with Crippen molar-refractivity contribution in [1.29, 1.82) is 0 Å². The van der Waals surface area contributed by atoms with E-state index < -0.39 is 0 Å². The molecular formula is C29H34FN3O3. The van der Waals surface area contributed by atoms with E-state index in [4.69, 9.17) is 9.47 Å². The maximum Gasteiger partial charge on any atom is 0.226 e. The number of hydrogen-bond acceptors (Lipinski definition) is 5. The maximum absolute atomic E-state index is 13.9.